The van der Waals surface area contributed by atoms with Crippen LogP contribution >= 0.6 is 130 Å². The summed E-state index contributed by atoms with van der Waals surface area (Å²) in [6.07, 6.45) is 9.00. The van der Waals surface area contributed by atoms with Gasteiger partial charge in [-0.25, -0.2) is 0 Å². The summed E-state index contributed by atoms with van der Waals surface area (Å²) in [7, 11) is 23.3. The Hall–Kier alpha value is 4.20. The van der Waals surface area contributed by atoms with Crippen molar-refractivity contribution in [3.05, 3.63) is 0 Å². The van der Waals surface area contributed by atoms with Crippen LogP contribution in [0.2, 0.25) is 0 Å². The molecule has 0 heterocycles. The summed E-state index contributed by atoms with van der Waals surface area (Å²) in [5.74, 6) is 12.2. The van der Waals surface area contributed by atoms with E-state index in [1.165, 1.54) is 41.6 Å². The maximum Gasteiger partial charge on any atom is 0.0179 e. The lowest BCUT2D eigenvalue weighted by atomic mass is 10.1. The fourth-order valence-corrected chi connectivity index (χ4v) is 15.7. The summed E-state index contributed by atoms with van der Waals surface area (Å²) in [6.45, 7) is 51.7. The van der Waals surface area contributed by atoms with E-state index >= 15 is 0 Å². The summed E-state index contributed by atoms with van der Waals surface area (Å²) >= 11 is 0. The lowest BCUT2D eigenvalue weighted by molar-refractivity contribution is 0.596. The van der Waals surface area contributed by atoms with Gasteiger partial charge in [-0.15, -0.1) is 0 Å². The molecule has 0 aliphatic heterocycles. The first-order valence-corrected chi connectivity index (χ1v) is 36.3. The normalized spacial score (nSPS) is 12.1. The highest BCUT2D eigenvalue weighted by Crippen LogP contribution is 2.36. The van der Waals surface area contributed by atoms with Gasteiger partial charge in [0.05, 0.1) is 0 Å². The molecule has 0 N–H and O–H groups in total. The van der Waals surface area contributed by atoms with E-state index in [-0.39, 0.29) is 0 Å². The van der Waals surface area contributed by atoms with Crippen molar-refractivity contribution >= 4 is 130 Å². The smallest absolute Gasteiger partial charge is 0.0179 e. The van der Waals surface area contributed by atoms with Gasteiger partial charge >= 0.3 is 0 Å². The van der Waals surface area contributed by atoms with Crippen LogP contribution in [0.1, 0.15) is 172 Å². The Labute approximate surface area is 406 Å². The number of rotatable bonds is 22. The van der Waals surface area contributed by atoms with Crippen molar-refractivity contribution in [2.24, 2.45) is 41.4 Å². The monoisotopic (exact) mass is 1010 g/mol. The molecule has 0 radical (unpaired) electrons. The molecule has 0 aliphatic carbocycles. The summed E-state index contributed by atoms with van der Waals surface area (Å²) in [6, 6.07) is 0. The Morgan fingerprint density at radius 2 is 0.786 bits per heavy atom. The highest BCUT2D eigenvalue weighted by Gasteiger charge is 2.11. The van der Waals surface area contributed by atoms with Crippen LogP contribution in [0.3, 0.4) is 0 Å². The molecule has 0 saturated carbocycles. The van der Waals surface area contributed by atoms with Crippen molar-refractivity contribution in [1.29, 1.82) is 0 Å². The highest BCUT2D eigenvalue weighted by atomic mass is 33.1. The average Bonchev–Trinajstić information content (AvgIpc) is 3.06. The second-order valence-electron chi connectivity index (χ2n) is 17.1. The molecule has 0 spiro atoms. The molecule has 12 heteroatoms. The van der Waals surface area contributed by atoms with Gasteiger partial charge in [-0.2, -0.15) is 0 Å². The first-order valence-electron chi connectivity index (χ1n) is 21.1. The molecule has 0 bridgehead atoms. The highest BCUT2D eigenvalue weighted by molar-refractivity contribution is 8.78. The number of hydrogen-bond donors (Lipinski definition) is 0. The van der Waals surface area contributed by atoms with Crippen molar-refractivity contribution < 1.29 is 0 Å². The van der Waals surface area contributed by atoms with E-state index in [9.17, 15) is 0 Å². The zero-order valence-corrected chi connectivity index (χ0v) is 51.9. The summed E-state index contributed by atoms with van der Waals surface area (Å²) < 4.78 is 0.416. The van der Waals surface area contributed by atoms with Gasteiger partial charge in [0.1, 0.15) is 0 Å². The maximum atomic E-state index is 2.29. The van der Waals surface area contributed by atoms with Gasteiger partial charge in [0.15, 0.2) is 0 Å². The minimum Gasteiger partial charge on any atom is -0.0976 e. The molecule has 56 heavy (non-hydrogen) atoms. The number of hydrogen-bond acceptors (Lipinski definition) is 12. The second-order valence-corrected chi connectivity index (χ2v) is 34.2. The zero-order chi connectivity index (χ0) is 45.7. The molecule has 0 aromatic heterocycles. The van der Waals surface area contributed by atoms with Crippen LogP contribution in [0.25, 0.3) is 0 Å². The minimum atomic E-state index is 0.416. The van der Waals surface area contributed by atoms with E-state index in [0.717, 1.165) is 57.2 Å². The molecule has 0 aromatic rings. The van der Waals surface area contributed by atoms with E-state index in [2.05, 4.69) is 178 Å². The van der Waals surface area contributed by atoms with E-state index in [1.807, 2.05) is 130 Å². The minimum absolute atomic E-state index is 0.416. The summed E-state index contributed by atoms with van der Waals surface area (Å²) in [5.41, 5.74) is 0. The van der Waals surface area contributed by atoms with Crippen LogP contribution < -0.4 is 0 Å². The fraction of sp³-hybridized carbons (Fsp3) is 1.00. The van der Waals surface area contributed by atoms with Crippen LogP contribution in [0.4, 0.5) is 0 Å². The Balaban J connectivity index is -0.000000101. The predicted molar refractivity (Wildman–Crippen MR) is 311 cm³/mol. The summed E-state index contributed by atoms with van der Waals surface area (Å²) in [4.78, 5) is 0. The fourth-order valence-electron chi connectivity index (χ4n) is 2.17. The van der Waals surface area contributed by atoms with Gasteiger partial charge in [-0.3, -0.25) is 0 Å². The molecule has 0 saturated heterocycles. The lowest BCUT2D eigenvalue weighted by Crippen LogP contribution is -2.07. The standard InChI is InChI=1S/C8H18S2.2C7H16S2.2C6H14S2.C5H12S2.C5H12/c1-7(2)6-9-10-8(3,4)5;1-6(2)5-8-9-7(3)4;1-5-7(6(2)3)9-8-4;1-5(2)6(3)8-7-4;1-4-7-8-5-6(2)3;1-5(2)4-7-6-3;1-4-5(2)3/h7H,6H2,1-5H3;2*6-7H,5H2,1-4H3;5-6H,1-4H3;6H,4-5H2,1-3H3;5H,4H2,1-3H3;5H,4H2,1-3H3. The van der Waals surface area contributed by atoms with Crippen molar-refractivity contribution in [3.63, 3.8) is 0 Å². The molecule has 2 unspecified atom stereocenters. The molecule has 0 nitrogen and oxygen atoms in total. The van der Waals surface area contributed by atoms with Gasteiger partial charge in [0.2, 0.25) is 0 Å². The average molecular weight is 1020 g/mol. The molecular weight excluding hydrogens is 913 g/mol. The van der Waals surface area contributed by atoms with E-state index < -0.39 is 0 Å². The maximum absolute atomic E-state index is 2.29. The second kappa shape index (κ2) is 57.2. The van der Waals surface area contributed by atoms with E-state index in [4.69, 9.17) is 0 Å². The van der Waals surface area contributed by atoms with Crippen molar-refractivity contribution in [2.75, 3.05) is 47.5 Å². The third-order valence-corrected chi connectivity index (χ3v) is 23.0. The van der Waals surface area contributed by atoms with Crippen molar-refractivity contribution in [1.82, 2.24) is 0 Å². The van der Waals surface area contributed by atoms with Crippen molar-refractivity contribution in [3.8, 4) is 0 Å². The quantitative estimate of drug-likeness (QED) is 0.0749. The van der Waals surface area contributed by atoms with Gasteiger partial charge in [-0.05, 0) is 66.6 Å². The van der Waals surface area contributed by atoms with E-state index in [1.54, 1.807) is 0 Å². The molecule has 0 fully saturated rings. The Kier molecular flexibility index (Phi) is 76.2. The zero-order valence-electron chi connectivity index (χ0n) is 42.1. The lowest BCUT2D eigenvalue weighted by Gasteiger charge is -2.16. The first kappa shape index (κ1) is 74.5. The molecular formula is C44H102S12. The molecule has 2 atom stereocenters. The Morgan fingerprint density at radius 3 is 1.00 bits per heavy atom. The van der Waals surface area contributed by atoms with Gasteiger partial charge in [0, 0.05) is 49.3 Å². The topological polar surface area (TPSA) is 0 Å². The molecule has 0 aromatic carbocycles. The van der Waals surface area contributed by atoms with Crippen LogP contribution in [0.15, 0.2) is 0 Å². The third-order valence-electron chi connectivity index (χ3n) is 5.86. The SMILES string of the molecule is CC(C)CSSC(C)(C)C.CC(C)CSSC(C)C.CCC(C)C.CCC(SSC)C(C)C.CCSSCC(C)C.CSSC(C)C(C)C.CSSCC(C)C. The van der Waals surface area contributed by atoms with Crippen LogP contribution in [0.5, 0.6) is 0 Å². The van der Waals surface area contributed by atoms with Crippen LogP contribution in [0, 0.1) is 41.4 Å². The predicted octanol–water partition coefficient (Wildman–Crippen LogP) is 21.5. The van der Waals surface area contributed by atoms with Gasteiger partial charge in [-0.1, -0.05) is 295 Å². The molecule has 0 aliphatic rings. The van der Waals surface area contributed by atoms with Crippen LogP contribution in [-0.2, 0) is 0 Å². The molecule has 350 valence electrons. The van der Waals surface area contributed by atoms with Crippen LogP contribution in [-0.4, -0.2) is 68.0 Å². The van der Waals surface area contributed by atoms with Gasteiger partial charge in [0.25, 0.3) is 0 Å². The molecule has 0 amide bonds. The van der Waals surface area contributed by atoms with Gasteiger partial charge < -0.3 is 0 Å². The first-order chi connectivity index (χ1) is 25.8. The van der Waals surface area contributed by atoms with E-state index in [0.29, 0.717) is 4.75 Å². The molecule has 0 rings (SSSR count). The van der Waals surface area contributed by atoms with Crippen molar-refractivity contribution in [2.45, 2.75) is 193 Å². The summed E-state index contributed by atoms with van der Waals surface area (Å²) in [5, 5.41) is 2.42. The third kappa shape index (κ3) is 97.5. The Bertz CT molecular complexity index is 644. The largest absolute Gasteiger partial charge is 0.0976 e. The Morgan fingerprint density at radius 1 is 0.393 bits per heavy atom.